The first-order valence-electron chi connectivity index (χ1n) is 10.2. The topological polar surface area (TPSA) is 89.2 Å². The van der Waals surface area contributed by atoms with Crippen LogP contribution in [0.1, 0.15) is 27.7 Å². The summed E-state index contributed by atoms with van der Waals surface area (Å²) in [6.45, 7) is 0.161. The van der Waals surface area contributed by atoms with Crippen LogP contribution in [0.3, 0.4) is 0 Å². The fraction of sp³-hybridized carbons (Fsp3) is 0.200. The van der Waals surface area contributed by atoms with Crippen molar-refractivity contribution in [3.63, 3.8) is 0 Å². The maximum atomic E-state index is 14.0. The number of aliphatic hydroxyl groups excluding tert-OH is 1. The van der Waals surface area contributed by atoms with Gasteiger partial charge in [-0.3, -0.25) is 9.59 Å². The molecule has 1 atom stereocenters. The van der Waals surface area contributed by atoms with E-state index in [2.05, 4.69) is 0 Å². The van der Waals surface area contributed by atoms with Gasteiger partial charge in [0.25, 0.3) is 5.91 Å². The number of ketones is 1. The lowest BCUT2D eigenvalue weighted by Gasteiger charge is -2.27. The van der Waals surface area contributed by atoms with Gasteiger partial charge in [0, 0.05) is 6.54 Å². The Morgan fingerprint density at radius 2 is 1.88 bits per heavy atom. The molecule has 1 amide bonds. The van der Waals surface area contributed by atoms with Gasteiger partial charge >= 0.3 is 0 Å². The maximum absolute atomic E-state index is 14.0. The summed E-state index contributed by atoms with van der Waals surface area (Å²) in [7, 11) is 3.07. The number of benzene rings is 2. The number of methoxy groups -OCH3 is 2. The average Bonchev–Trinajstić information content (AvgIpc) is 3.45. The van der Waals surface area contributed by atoms with Gasteiger partial charge in [-0.2, -0.15) is 0 Å². The Balaban J connectivity index is 1.68. The van der Waals surface area contributed by atoms with E-state index >= 15 is 0 Å². The van der Waals surface area contributed by atoms with Crippen LogP contribution in [0, 0.1) is 5.82 Å². The summed E-state index contributed by atoms with van der Waals surface area (Å²) in [6.07, 6.45) is 1.72. The van der Waals surface area contributed by atoms with E-state index in [0.717, 1.165) is 5.56 Å². The Morgan fingerprint density at radius 1 is 1.09 bits per heavy atom. The standard InChI is InChI=1S/C25H22FNO6/c1-31-18-9-8-15(13-20(18)32-2)10-11-27-22(16-5-3-6-17(26)14-16)21(24(29)25(27)30)23(28)19-7-4-12-33-19/h3-9,12-14,22,29H,10-11H2,1-2H3/t22-/m0/s1. The zero-order valence-electron chi connectivity index (χ0n) is 18.1. The van der Waals surface area contributed by atoms with Crippen molar-refractivity contribution >= 4 is 11.7 Å². The van der Waals surface area contributed by atoms with E-state index in [1.54, 1.807) is 18.2 Å². The van der Waals surface area contributed by atoms with Crippen molar-refractivity contribution in [2.75, 3.05) is 20.8 Å². The van der Waals surface area contributed by atoms with Crippen molar-refractivity contribution in [2.24, 2.45) is 0 Å². The van der Waals surface area contributed by atoms with E-state index < -0.39 is 29.3 Å². The largest absolute Gasteiger partial charge is 0.503 e. The number of nitrogens with zero attached hydrogens (tertiary/aromatic N) is 1. The van der Waals surface area contributed by atoms with Crippen molar-refractivity contribution in [2.45, 2.75) is 12.5 Å². The summed E-state index contributed by atoms with van der Waals surface area (Å²) in [5.41, 5.74) is 1.08. The number of aliphatic hydroxyl groups is 1. The number of Topliss-reactive ketones (excluding diaryl/α,β-unsaturated/α-hetero) is 1. The third-order valence-corrected chi connectivity index (χ3v) is 5.55. The summed E-state index contributed by atoms with van der Waals surface area (Å²) in [5.74, 6) is -1.43. The Bertz CT molecular complexity index is 1220. The Hall–Kier alpha value is -4.07. The molecule has 1 aliphatic heterocycles. The minimum absolute atomic E-state index is 0.0208. The molecule has 3 aromatic rings. The lowest BCUT2D eigenvalue weighted by atomic mass is 9.95. The van der Waals surface area contributed by atoms with Crippen LogP contribution in [0.15, 0.2) is 76.6 Å². The second-order valence-corrected chi connectivity index (χ2v) is 7.46. The van der Waals surface area contributed by atoms with Crippen LogP contribution in [0.25, 0.3) is 0 Å². The van der Waals surface area contributed by atoms with Crippen molar-refractivity contribution in [3.8, 4) is 11.5 Å². The number of furan rings is 1. The summed E-state index contributed by atoms with van der Waals surface area (Å²) >= 11 is 0. The van der Waals surface area contributed by atoms with E-state index in [-0.39, 0.29) is 17.9 Å². The van der Waals surface area contributed by atoms with Gasteiger partial charge in [-0.05, 0) is 53.9 Å². The Kier molecular flexibility index (Phi) is 6.17. The Labute approximate surface area is 189 Å². The Morgan fingerprint density at radius 3 is 2.55 bits per heavy atom. The molecule has 1 N–H and O–H groups in total. The van der Waals surface area contributed by atoms with Gasteiger partial charge in [0.1, 0.15) is 5.82 Å². The number of ether oxygens (including phenoxy) is 2. The fourth-order valence-corrected chi connectivity index (χ4v) is 3.97. The van der Waals surface area contributed by atoms with E-state index in [1.165, 1.54) is 55.7 Å². The minimum Gasteiger partial charge on any atom is -0.503 e. The van der Waals surface area contributed by atoms with Crippen LogP contribution in [0.2, 0.25) is 0 Å². The molecule has 7 nitrogen and oxygen atoms in total. The van der Waals surface area contributed by atoms with Crippen molar-refractivity contribution in [1.29, 1.82) is 0 Å². The normalized spacial score (nSPS) is 15.8. The van der Waals surface area contributed by atoms with Gasteiger partial charge in [-0.1, -0.05) is 18.2 Å². The highest BCUT2D eigenvalue weighted by Gasteiger charge is 2.44. The smallest absolute Gasteiger partial charge is 0.290 e. The average molecular weight is 451 g/mol. The summed E-state index contributed by atoms with van der Waals surface area (Å²) < 4.78 is 29.8. The number of halogens is 1. The molecule has 1 aromatic heterocycles. The molecular formula is C25H22FNO6. The van der Waals surface area contributed by atoms with E-state index in [9.17, 15) is 19.1 Å². The molecule has 33 heavy (non-hydrogen) atoms. The molecular weight excluding hydrogens is 429 g/mol. The summed E-state index contributed by atoms with van der Waals surface area (Å²) in [6, 6.07) is 13.0. The molecule has 0 unspecified atom stereocenters. The van der Waals surface area contributed by atoms with E-state index in [1.807, 2.05) is 6.07 Å². The number of hydrogen-bond acceptors (Lipinski definition) is 6. The zero-order chi connectivity index (χ0) is 23.5. The lowest BCUT2D eigenvalue weighted by Crippen LogP contribution is -2.33. The molecule has 8 heteroatoms. The highest BCUT2D eigenvalue weighted by atomic mass is 19.1. The zero-order valence-corrected chi connectivity index (χ0v) is 18.1. The molecule has 0 fully saturated rings. The molecule has 2 heterocycles. The first-order valence-corrected chi connectivity index (χ1v) is 10.2. The maximum Gasteiger partial charge on any atom is 0.290 e. The highest BCUT2D eigenvalue weighted by Crippen LogP contribution is 2.39. The molecule has 170 valence electrons. The van der Waals surface area contributed by atoms with Gasteiger partial charge in [-0.25, -0.2) is 4.39 Å². The van der Waals surface area contributed by atoms with Gasteiger partial charge in [0.05, 0.1) is 32.1 Å². The van der Waals surface area contributed by atoms with Crippen molar-refractivity contribution < 1.29 is 33.0 Å². The third kappa shape index (κ3) is 4.19. The molecule has 0 bridgehead atoms. The van der Waals surface area contributed by atoms with E-state index in [4.69, 9.17) is 13.9 Å². The monoisotopic (exact) mass is 451 g/mol. The summed E-state index contributed by atoms with van der Waals surface area (Å²) in [5, 5.41) is 10.6. The predicted molar refractivity (Wildman–Crippen MR) is 117 cm³/mol. The molecule has 1 aliphatic rings. The molecule has 0 saturated carbocycles. The van der Waals surface area contributed by atoms with Crippen LogP contribution >= 0.6 is 0 Å². The minimum atomic E-state index is -0.967. The van der Waals surface area contributed by atoms with Crippen LogP contribution < -0.4 is 9.47 Å². The first kappa shape index (κ1) is 22.1. The van der Waals surface area contributed by atoms with Gasteiger partial charge in [0.2, 0.25) is 5.78 Å². The number of hydrogen-bond donors (Lipinski definition) is 1. The van der Waals surface area contributed by atoms with Gasteiger partial charge in [-0.15, -0.1) is 0 Å². The number of carbonyl (C=O) groups excluding carboxylic acids is 2. The molecule has 0 aliphatic carbocycles. The number of carbonyl (C=O) groups is 2. The molecule has 4 rings (SSSR count). The van der Waals surface area contributed by atoms with Crippen LogP contribution in [-0.2, 0) is 11.2 Å². The van der Waals surface area contributed by atoms with Crippen LogP contribution in [0.4, 0.5) is 4.39 Å². The summed E-state index contributed by atoms with van der Waals surface area (Å²) in [4.78, 5) is 27.4. The second kappa shape index (κ2) is 9.20. The molecule has 0 radical (unpaired) electrons. The lowest BCUT2D eigenvalue weighted by molar-refractivity contribution is -0.129. The number of rotatable bonds is 8. The molecule has 0 spiro atoms. The molecule has 0 saturated heterocycles. The molecule has 2 aromatic carbocycles. The quantitative estimate of drug-likeness (QED) is 0.515. The fourth-order valence-electron chi connectivity index (χ4n) is 3.97. The van der Waals surface area contributed by atoms with E-state index in [0.29, 0.717) is 23.5 Å². The van der Waals surface area contributed by atoms with Gasteiger partial charge in [0.15, 0.2) is 23.0 Å². The van der Waals surface area contributed by atoms with Crippen molar-refractivity contribution in [3.05, 3.63) is 94.9 Å². The van der Waals surface area contributed by atoms with Crippen molar-refractivity contribution in [1.82, 2.24) is 4.90 Å². The third-order valence-electron chi connectivity index (χ3n) is 5.55. The van der Waals surface area contributed by atoms with Crippen LogP contribution in [0.5, 0.6) is 11.5 Å². The second-order valence-electron chi connectivity index (χ2n) is 7.46. The first-order chi connectivity index (χ1) is 15.9. The predicted octanol–water partition coefficient (Wildman–Crippen LogP) is 4.26. The SMILES string of the molecule is COc1ccc(CCN2C(=O)C(O)=C(C(=O)c3ccco3)[C@@H]2c2cccc(F)c2)cc1OC. The highest BCUT2D eigenvalue weighted by molar-refractivity contribution is 6.15. The number of amides is 1. The van der Waals surface area contributed by atoms with Gasteiger partial charge < -0.3 is 23.9 Å². The van der Waals surface area contributed by atoms with Crippen LogP contribution in [-0.4, -0.2) is 42.5 Å².